The molecule has 2 aliphatic rings. The highest BCUT2D eigenvalue weighted by atomic mass is 35.5. The van der Waals surface area contributed by atoms with Gasteiger partial charge in [-0.1, -0.05) is 49.7 Å². The number of nitrogens with one attached hydrogen (secondary N) is 1. The third-order valence-corrected chi connectivity index (χ3v) is 7.03. The minimum atomic E-state index is -0.589. The fourth-order valence-electron chi connectivity index (χ4n) is 4.99. The van der Waals surface area contributed by atoms with E-state index in [0.29, 0.717) is 52.8 Å². The molecule has 0 unspecified atom stereocenters. The van der Waals surface area contributed by atoms with Crippen LogP contribution in [0, 0.1) is 5.92 Å². The molecule has 0 saturated carbocycles. The molecule has 1 heterocycles. The quantitative estimate of drug-likeness (QED) is 0.467. The largest absolute Gasteiger partial charge is 0.493 e. The van der Waals surface area contributed by atoms with Gasteiger partial charge in [0.15, 0.2) is 17.3 Å². The van der Waals surface area contributed by atoms with Gasteiger partial charge in [-0.2, -0.15) is 0 Å². The average molecular weight is 510 g/mol. The number of methoxy groups -OCH3 is 2. The van der Waals surface area contributed by atoms with Gasteiger partial charge >= 0.3 is 5.97 Å². The first-order chi connectivity index (χ1) is 17.2. The van der Waals surface area contributed by atoms with Crippen molar-refractivity contribution in [2.45, 2.75) is 45.4 Å². The van der Waals surface area contributed by atoms with Crippen LogP contribution >= 0.6 is 11.6 Å². The summed E-state index contributed by atoms with van der Waals surface area (Å²) in [5.41, 5.74) is 4.22. The molecule has 6 nitrogen and oxygen atoms in total. The summed E-state index contributed by atoms with van der Waals surface area (Å²) in [6, 6.07) is 13.1. The Morgan fingerprint density at radius 2 is 1.81 bits per heavy atom. The molecular weight excluding hydrogens is 478 g/mol. The highest BCUT2D eigenvalue weighted by molar-refractivity contribution is 6.31. The summed E-state index contributed by atoms with van der Waals surface area (Å²) in [7, 11) is 3.19. The van der Waals surface area contributed by atoms with Crippen LogP contribution in [0.2, 0.25) is 5.02 Å². The maximum Gasteiger partial charge on any atom is 0.336 e. The van der Waals surface area contributed by atoms with E-state index in [1.54, 1.807) is 20.3 Å². The smallest absolute Gasteiger partial charge is 0.336 e. The standard InChI is InChI=1S/C29H32ClNO5/c1-16(2)15-36-29(33)26-17(3)31-22-12-19(18-10-11-24(34-4)25(14-18)35-5)13-23(32)28(22)27(26)20-8-6-7-9-21(20)30/h6-11,14,16,19,27,31H,12-13,15H2,1-5H3/t19-,27-/m1/s1. The second-order valence-electron chi connectivity index (χ2n) is 9.65. The van der Waals surface area contributed by atoms with Gasteiger partial charge in [0, 0.05) is 34.3 Å². The topological polar surface area (TPSA) is 73.9 Å². The molecule has 4 rings (SSSR count). The van der Waals surface area contributed by atoms with E-state index in [4.69, 9.17) is 25.8 Å². The van der Waals surface area contributed by atoms with Crippen molar-refractivity contribution in [2.24, 2.45) is 5.92 Å². The van der Waals surface area contributed by atoms with Gasteiger partial charge in [0.1, 0.15) is 0 Å². The van der Waals surface area contributed by atoms with Crippen molar-refractivity contribution < 1.29 is 23.8 Å². The maximum absolute atomic E-state index is 13.8. The monoisotopic (exact) mass is 509 g/mol. The Labute approximate surface area is 217 Å². The number of carbonyl (C=O) groups excluding carboxylic acids is 2. The van der Waals surface area contributed by atoms with Gasteiger partial charge in [-0.15, -0.1) is 0 Å². The summed E-state index contributed by atoms with van der Waals surface area (Å²) in [4.78, 5) is 27.0. The van der Waals surface area contributed by atoms with Crippen molar-refractivity contribution >= 4 is 23.4 Å². The van der Waals surface area contributed by atoms with E-state index in [2.05, 4.69) is 5.32 Å². The molecule has 0 spiro atoms. The van der Waals surface area contributed by atoms with Crippen LogP contribution in [0.4, 0.5) is 0 Å². The Balaban J connectivity index is 1.76. The van der Waals surface area contributed by atoms with E-state index in [1.807, 2.05) is 57.2 Å². The van der Waals surface area contributed by atoms with Crippen molar-refractivity contribution in [1.82, 2.24) is 5.32 Å². The Kier molecular flexibility index (Phi) is 7.74. The molecule has 2 aromatic rings. The molecule has 7 heteroatoms. The third-order valence-electron chi connectivity index (χ3n) is 6.69. The summed E-state index contributed by atoms with van der Waals surface area (Å²) in [6.45, 7) is 6.12. The number of dihydropyridines is 1. The summed E-state index contributed by atoms with van der Waals surface area (Å²) in [5.74, 6) is 0.375. The molecular formula is C29H32ClNO5. The molecule has 1 aliphatic carbocycles. The average Bonchev–Trinajstić information content (AvgIpc) is 2.86. The third kappa shape index (κ3) is 5.00. The minimum absolute atomic E-state index is 0.0184. The number of esters is 1. The van der Waals surface area contributed by atoms with Crippen LogP contribution in [0.3, 0.4) is 0 Å². The molecule has 1 N–H and O–H groups in total. The number of ether oxygens (including phenoxy) is 3. The molecule has 2 atom stereocenters. The number of carbonyl (C=O) groups is 2. The molecule has 0 aromatic heterocycles. The Hall–Kier alpha value is -3.25. The summed E-state index contributed by atoms with van der Waals surface area (Å²) >= 11 is 6.61. The summed E-state index contributed by atoms with van der Waals surface area (Å²) in [5, 5.41) is 3.88. The lowest BCUT2D eigenvalue weighted by Gasteiger charge is -2.37. The van der Waals surface area contributed by atoms with Gasteiger partial charge in [0.25, 0.3) is 0 Å². The van der Waals surface area contributed by atoms with Gasteiger partial charge in [-0.25, -0.2) is 4.79 Å². The second kappa shape index (κ2) is 10.8. The molecule has 2 aromatic carbocycles. The summed E-state index contributed by atoms with van der Waals surface area (Å²) in [6.07, 6.45) is 0.924. The van der Waals surface area contributed by atoms with E-state index < -0.39 is 11.9 Å². The van der Waals surface area contributed by atoms with Crippen LogP contribution in [0.25, 0.3) is 0 Å². The number of allylic oxidation sites excluding steroid dienone is 3. The normalized spacial score (nSPS) is 19.7. The fourth-order valence-corrected chi connectivity index (χ4v) is 5.24. The Bertz CT molecular complexity index is 1250. The van der Waals surface area contributed by atoms with E-state index in [-0.39, 0.29) is 17.6 Å². The van der Waals surface area contributed by atoms with E-state index in [0.717, 1.165) is 16.8 Å². The second-order valence-corrected chi connectivity index (χ2v) is 10.1. The Morgan fingerprint density at radius 1 is 1.08 bits per heavy atom. The van der Waals surface area contributed by atoms with Crippen LogP contribution in [-0.2, 0) is 14.3 Å². The highest BCUT2D eigenvalue weighted by Crippen LogP contribution is 2.47. The first kappa shape index (κ1) is 25.8. The van der Waals surface area contributed by atoms with Crippen molar-refractivity contribution in [2.75, 3.05) is 20.8 Å². The fraction of sp³-hybridized carbons (Fsp3) is 0.379. The molecule has 0 radical (unpaired) electrons. The Morgan fingerprint density at radius 3 is 2.47 bits per heavy atom. The number of Topliss-reactive ketones (excluding diaryl/α,β-unsaturated/α-hetero) is 1. The van der Waals surface area contributed by atoms with Crippen molar-refractivity contribution in [3.8, 4) is 11.5 Å². The predicted molar refractivity (Wildman–Crippen MR) is 139 cm³/mol. The van der Waals surface area contributed by atoms with Gasteiger partial charge in [0.05, 0.1) is 26.4 Å². The number of halogens is 1. The number of ketones is 1. The zero-order valence-electron chi connectivity index (χ0n) is 21.3. The van der Waals surface area contributed by atoms with E-state index in [9.17, 15) is 9.59 Å². The molecule has 1 aliphatic heterocycles. The first-order valence-corrected chi connectivity index (χ1v) is 12.5. The van der Waals surface area contributed by atoms with Crippen LogP contribution in [0.5, 0.6) is 11.5 Å². The van der Waals surface area contributed by atoms with Crippen LogP contribution in [0.1, 0.15) is 56.6 Å². The van der Waals surface area contributed by atoms with Gasteiger partial charge < -0.3 is 19.5 Å². The van der Waals surface area contributed by atoms with Crippen molar-refractivity contribution in [3.63, 3.8) is 0 Å². The lowest BCUT2D eigenvalue weighted by atomic mass is 9.71. The van der Waals surface area contributed by atoms with Crippen LogP contribution in [-0.4, -0.2) is 32.6 Å². The lowest BCUT2D eigenvalue weighted by Crippen LogP contribution is -2.36. The highest BCUT2D eigenvalue weighted by Gasteiger charge is 2.42. The molecule has 0 amide bonds. The first-order valence-electron chi connectivity index (χ1n) is 12.1. The van der Waals surface area contributed by atoms with E-state index in [1.165, 1.54) is 0 Å². The number of benzene rings is 2. The van der Waals surface area contributed by atoms with Gasteiger partial charge in [-0.05, 0) is 54.5 Å². The van der Waals surface area contributed by atoms with Crippen LogP contribution < -0.4 is 14.8 Å². The molecule has 190 valence electrons. The zero-order chi connectivity index (χ0) is 26.0. The molecule has 0 saturated heterocycles. The molecule has 36 heavy (non-hydrogen) atoms. The van der Waals surface area contributed by atoms with Crippen molar-refractivity contribution in [3.05, 3.63) is 81.2 Å². The van der Waals surface area contributed by atoms with Crippen molar-refractivity contribution in [1.29, 1.82) is 0 Å². The predicted octanol–water partition coefficient (Wildman–Crippen LogP) is 5.92. The number of hydrogen-bond donors (Lipinski definition) is 1. The zero-order valence-corrected chi connectivity index (χ0v) is 22.1. The van der Waals surface area contributed by atoms with Gasteiger partial charge in [-0.3, -0.25) is 4.79 Å². The molecule has 0 fully saturated rings. The van der Waals surface area contributed by atoms with Crippen LogP contribution in [0.15, 0.2) is 65.0 Å². The minimum Gasteiger partial charge on any atom is -0.493 e. The maximum atomic E-state index is 13.8. The van der Waals surface area contributed by atoms with Gasteiger partial charge in [0.2, 0.25) is 0 Å². The summed E-state index contributed by atoms with van der Waals surface area (Å²) < 4.78 is 16.5. The molecule has 0 bridgehead atoms. The SMILES string of the molecule is COc1ccc([C@H]2CC(=O)C3=C(C2)NC(C)=C(C(=O)OCC(C)C)[C@H]3c2ccccc2Cl)cc1OC. The number of rotatable bonds is 7. The lowest BCUT2D eigenvalue weighted by molar-refractivity contribution is -0.140. The number of hydrogen-bond acceptors (Lipinski definition) is 6. The van der Waals surface area contributed by atoms with E-state index >= 15 is 0 Å².